The Bertz CT molecular complexity index is 508. The van der Waals surface area contributed by atoms with Gasteiger partial charge in [0.15, 0.2) is 0 Å². The van der Waals surface area contributed by atoms with Crippen LogP contribution in [0.5, 0.6) is 0 Å². The van der Waals surface area contributed by atoms with Crippen molar-refractivity contribution in [2.75, 3.05) is 0 Å². The summed E-state index contributed by atoms with van der Waals surface area (Å²) in [7, 11) is 1.74. The normalized spacial score (nSPS) is 10.6. The van der Waals surface area contributed by atoms with Gasteiger partial charge < -0.3 is 5.11 Å². The minimum Gasteiger partial charge on any atom is -0.477 e. The summed E-state index contributed by atoms with van der Waals surface area (Å²) in [6.07, 6.45) is 0. The smallest absolute Gasteiger partial charge is 0.346 e. The molecular weight excluding hydrogens is 248 g/mol. The van der Waals surface area contributed by atoms with Gasteiger partial charge in [0, 0.05) is 12.8 Å². The maximum absolute atomic E-state index is 10.9. The molecule has 16 heavy (non-hydrogen) atoms. The van der Waals surface area contributed by atoms with Gasteiger partial charge in [0.05, 0.1) is 0 Å². The van der Waals surface area contributed by atoms with Crippen molar-refractivity contribution in [1.29, 1.82) is 0 Å². The minimum absolute atomic E-state index is 0.377. The Labute approximate surface area is 99.3 Å². The quantitative estimate of drug-likeness (QED) is 0.829. The molecule has 0 aliphatic heterocycles. The van der Waals surface area contributed by atoms with E-state index < -0.39 is 5.97 Å². The number of thioether (sulfide) groups is 1. The van der Waals surface area contributed by atoms with Crippen molar-refractivity contribution in [2.45, 2.75) is 10.9 Å². The zero-order valence-electron chi connectivity index (χ0n) is 8.32. The van der Waals surface area contributed by atoms with Crippen LogP contribution in [0.1, 0.15) is 15.2 Å². The van der Waals surface area contributed by atoms with Crippen molar-refractivity contribution in [2.24, 2.45) is 7.05 Å². The van der Waals surface area contributed by atoms with Gasteiger partial charge in [-0.2, -0.15) is 0 Å². The second-order valence-electron chi connectivity index (χ2n) is 2.95. The highest BCUT2D eigenvalue weighted by atomic mass is 32.2. The second-order valence-corrected chi connectivity index (χ2v) is 4.81. The molecule has 2 heterocycles. The van der Waals surface area contributed by atoms with Crippen molar-refractivity contribution in [1.82, 2.24) is 20.2 Å². The fraction of sp³-hybridized carbons (Fsp3) is 0.250. The molecule has 0 aliphatic rings. The van der Waals surface area contributed by atoms with Crippen LogP contribution in [0.3, 0.4) is 0 Å². The molecule has 0 fully saturated rings. The summed E-state index contributed by atoms with van der Waals surface area (Å²) < 4.78 is 1.55. The lowest BCUT2D eigenvalue weighted by molar-refractivity contribution is 0.0701. The van der Waals surface area contributed by atoms with Crippen LogP contribution in [0.15, 0.2) is 16.6 Å². The van der Waals surface area contributed by atoms with Crippen LogP contribution in [0.2, 0.25) is 0 Å². The number of aromatic carboxylic acids is 1. The molecule has 0 spiro atoms. The molecule has 0 aromatic carbocycles. The third-order valence-corrected chi connectivity index (χ3v) is 3.88. The molecule has 0 aliphatic carbocycles. The summed E-state index contributed by atoms with van der Waals surface area (Å²) in [6, 6.07) is 1.81. The van der Waals surface area contributed by atoms with Gasteiger partial charge in [0.25, 0.3) is 0 Å². The molecule has 1 N–H and O–H groups in total. The van der Waals surface area contributed by atoms with E-state index in [0.29, 0.717) is 15.8 Å². The summed E-state index contributed by atoms with van der Waals surface area (Å²) in [5.74, 6) is -0.332. The lowest BCUT2D eigenvalue weighted by atomic mass is 10.3. The third-order valence-electron chi connectivity index (χ3n) is 1.88. The standard InChI is InChI=1S/C8H8N4O2S2/c1-12-8(9-10-11-12)16-4-5-2-3-15-6(5)7(13)14/h2-3H,4H2,1H3,(H,13,14). The maximum Gasteiger partial charge on any atom is 0.346 e. The number of rotatable bonds is 4. The average molecular weight is 256 g/mol. The molecule has 84 valence electrons. The number of hydrogen-bond donors (Lipinski definition) is 1. The summed E-state index contributed by atoms with van der Waals surface area (Å²) in [5.41, 5.74) is 0.797. The van der Waals surface area contributed by atoms with E-state index in [0.717, 1.165) is 5.56 Å². The van der Waals surface area contributed by atoms with Crippen molar-refractivity contribution in [3.8, 4) is 0 Å². The van der Waals surface area contributed by atoms with E-state index in [2.05, 4.69) is 15.5 Å². The van der Waals surface area contributed by atoms with Gasteiger partial charge >= 0.3 is 5.97 Å². The van der Waals surface area contributed by atoms with Gasteiger partial charge in [-0.15, -0.1) is 16.4 Å². The van der Waals surface area contributed by atoms with E-state index in [1.54, 1.807) is 17.1 Å². The predicted molar refractivity (Wildman–Crippen MR) is 59.6 cm³/mol. The van der Waals surface area contributed by atoms with Crippen molar-refractivity contribution >= 4 is 29.1 Å². The molecule has 6 nitrogen and oxygen atoms in total. The Kier molecular flexibility index (Phi) is 3.20. The molecule has 0 atom stereocenters. The van der Waals surface area contributed by atoms with Gasteiger partial charge in [0.1, 0.15) is 4.88 Å². The minimum atomic E-state index is -0.887. The van der Waals surface area contributed by atoms with E-state index in [1.165, 1.54) is 23.1 Å². The SMILES string of the molecule is Cn1nnnc1SCc1ccsc1C(=O)O. The fourth-order valence-electron chi connectivity index (χ4n) is 1.12. The first kappa shape index (κ1) is 11.1. The van der Waals surface area contributed by atoms with E-state index in [9.17, 15) is 4.79 Å². The van der Waals surface area contributed by atoms with Gasteiger partial charge in [-0.25, -0.2) is 9.48 Å². The lowest BCUT2D eigenvalue weighted by Gasteiger charge is -1.99. The Morgan fingerprint density at radius 2 is 2.50 bits per heavy atom. The van der Waals surface area contributed by atoms with E-state index >= 15 is 0 Å². The van der Waals surface area contributed by atoms with Crippen molar-refractivity contribution < 1.29 is 9.90 Å². The number of carboxylic acids is 1. The molecule has 0 amide bonds. The van der Waals surface area contributed by atoms with Gasteiger partial charge in [0.2, 0.25) is 5.16 Å². The van der Waals surface area contributed by atoms with Crippen LogP contribution in [0, 0.1) is 0 Å². The van der Waals surface area contributed by atoms with Crippen LogP contribution in [-0.2, 0) is 12.8 Å². The first-order valence-corrected chi connectivity index (χ1v) is 6.20. The summed E-state index contributed by atoms with van der Waals surface area (Å²) >= 11 is 2.64. The Morgan fingerprint density at radius 1 is 1.69 bits per heavy atom. The number of thiophene rings is 1. The fourth-order valence-corrected chi connectivity index (χ4v) is 2.82. The number of hydrogen-bond acceptors (Lipinski definition) is 6. The second kappa shape index (κ2) is 4.62. The van der Waals surface area contributed by atoms with E-state index in [1.807, 2.05) is 6.07 Å². The van der Waals surface area contributed by atoms with E-state index in [4.69, 9.17) is 5.11 Å². The molecular formula is C8H8N4O2S2. The number of carboxylic acid groups (broad SMARTS) is 1. The molecule has 2 aromatic heterocycles. The molecule has 0 saturated heterocycles. The highest BCUT2D eigenvalue weighted by Crippen LogP contribution is 2.25. The molecule has 2 rings (SSSR count). The monoisotopic (exact) mass is 256 g/mol. The number of aromatic nitrogens is 4. The Balaban J connectivity index is 2.08. The van der Waals surface area contributed by atoms with Crippen LogP contribution < -0.4 is 0 Å². The number of aryl methyl sites for hydroxylation is 1. The largest absolute Gasteiger partial charge is 0.477 e. The summed E-state index contributed by atoms with van der Waals surface area (Å²) in [6.45, 7) is 0. The molecule has 0 bridgehead atoms. The van der Waals surface area contributed by atoms with E-state index in [-0.39, 0.29) is 0 Å². The van der Waals surface area contributed by atoms with Crippen LogP contribution in [-0.4, -0.2) is 31.3 Å². The van der Waals surface area contributed by atoms with Crippen LogP contribution in [0.25, 0.3) is 0 Å². The van der Waals surface area contributed by atoms with Crippen LogP contribution >= 0.6 is 23.1 Å². The van der Waals surface area contributed by atoms with Gasteiger partial charge in [-0.3, -0.25) is 0 Å². The molecule has 0 unspecified atom stereocenters. The molecule has 0 saturated carbocycles. The molecule has 2 aromatic rings. The zero-order valence-corrected chi connectivity index (χ0v) is 9.96. The highest BCUT2D eigenvalue weighted by molar-refractivity contribution is 7.98. The number of carbonyl (C=O) groups is 1. The number of nitrogens with zero attached hydrogens (tertiary/aromatic N) is 4. The highest BCUT2D eigenvalue weighted by Gasteiger charge is 2.12. The maximum atomic E-state index is 10.9. The van der Waals surface area contributed by atoms with Crippen molar-refractivity contribution in [3.63, 3.8) is 0 Å². The predicted octanol–water partition coefficient (Wildman–Crippen LogP) is 1.26. The first-order valence-electron chi connectivity index (χ1n) is 4.33. The molecule has 8 heteroatoms. The summed E-state index contributed by atoms with van der Waals surface area (Å²) in [4.78, 5) is 11.2. The average Bonchev–Trinajstić information content (AvgIpc) is 2.83. The Morgan fingerprint density at radius 3 is 3.12 bits per heavy atom. The first-order chi connectivity index (χ1) is 7.68. The van der Waals surface area contributed by atoms with Crippen molar-refractivity contribution in [3.05, 3.63) is 21.9 Å². The third kappa shape index (κ3) is 2.22. The Hall–Kier alpha value is -1.41. The lowest BCUT2D eigenvalue weighted by Crippen LogP contribution is -1.97. The zero-order chi connectivity index (χ0) is 11.5. The number of tetrazole rings is 1. The molecule has 0 radical (unpaired) electrons. The topological polar surface area (TPSA) is 80.9 Å². The van der Waals surface area contributed by atoms with Gasteiger partial charge in [-0.1, -0.05) is 11.8 Å². The van der Waals surface area contributed by atoms with Gasteiger partial charge in [-0.05, 0) is 27.4 Å². The summed E-state index contributed by atoms with van der Waals surface area (Å²) in [5, 5.41) is 22.4. The van der Waals surface area contributed by atoms with Crippen LogP contribution in [0.4, 0.5) is 0 Å².